The van der Waals surface area contributed by atoms with Crippen LogP contribution in [0, 0.1) is 12.8 Å². The molecular formula is C33H32ClN3O4S. The number of aryl methyl sites for hydroxylation is 1. The van der Waals surface area contributed by atoms with E-state index in [0.29, 0.717) is 26.7 Å². The number of thiophene rings is 1. The molecule has 1 aliphatic heterocycles. The van der Waals surface area contributed by atoms with Crippen molar-refractivity contribution in [2.45, 2.75) is 31.3 Å². The zero-order chi connectivity index (χ0) is 30.2. The Hall–Kier alpha value is -4.14. The van der Waals surface area contributed by atoms with E-state index in [1.807, 2.05) is 73.8 Å². The van der Waals surface area contributed by atoms with E-state index < -0.39 is 35.4 Å². The van der Waals surface area contributed by atoms with Crippen LogP contribution in [-0.4, -0.2) is 47.4 Å². The third kappa shape index (κ3) is 5.28. The second-order valence-electron chi connectivity index (χ2n) is 10.9. The molecule has 0 saturated carbocycles. The number of benzene rings is 3. The van der Waals surface area contributed by atoms with Crippen LogP contribution in [0.4, 0.5) is 16.2 Å². The number of nitrogens with one attached hydrogen (secondary N) is 1. The topological polar surface area (TPSA) is 90.0 Å². The molecule has 2 N–H and O–H groups in total. The molecule has 4 aromatic rings. The number of hydrogen-bond acceptors (Lipinski definition) is 5. The van der Waals surface area contributed by atoms with Crippen molar-refractivity contribution in [3.05, 3.63) is 117 Å². The Morgan fingerprint density at radius 2 is 1.62 bits per heavy atom. The molecule has 7 nitrogen and oxygen atoms in total. The highest BCUT2D eigenvalue weighted by molar-refractivity contribution is 7.12. The molecular weight excluding hydrogens is 570 g/mol. The number of halogens is 1. The fraction of sp³-hybridized carbons (Fsp3) is 0.242. The SMILES string of the molecule is Cc1cccc(NC(=O)N2C(c3ccc(N(C)C)cc3)C(C(=O)c3cccs3)C(c3ccc(Cl)cc3)C2(C)C(=O)O)c1. The standard InChI is InChI=1S/C33H32ClN3O4S/c1-20-7-5-8-24(19-20)35-32(41)37-29(22-12-16-25(17-13-22)36(3)4)27(30(38)26-9-6-18-42-26)28(33(37,2)31(39)40)21-10-14-23(34)15-11-21/h5-19,27-29H,1-4H3,(H,35,41)(H,39,40). The highest BCUT2D eigenvalue weighted by Crippen LogP contribution is 2.57. The third-order valence-corrected chi connectivity index (χ3v) is 9.19. The van der Waals surface area contributed by atoms with Gasteiger partial charge in [0.2, 0.25) is 0 Å². The van der Waals surface area contributed by atoms with E-state index in [9.17, 15) is 19.5 Å². The van der Waals surface area contributed by atoms with Gasteiger partial charge >= 0.3 is 12.0 Å². The van der Waals surface area contributed by atoms with Crippen molar-refractivity contribution in [3.63, 3.8) is 0 Å². The van der Waals surface area contributed by atoms with Gasteiger partial charge < -0.3 is 15.3 Å². The van der Waals surface area contributed by atoms with Crippen molar-refractivity contribution in [2.75, 3.05) is 24.3 Å². The summed E-state index contributed by atoms with van der Waals surface area (Å²) in [5, 5.41) is 16.2. The first-order valence-electron chi connectivity index (χ1n) is 13.5. The van der Waals surface area contributed by atoms with Gasteiger partial charge in [-0.2, -0.15) is 0 Å². The van der Waals surface area contributed by atoms with Gasteiger partial charge in [0.25, 0.3) is 0 Å². The quantitative estimate of drug-likeness (QED) is 0.214. The monoisotopic (exact) mass is 601 g/mol. The summed E-state index contributed by atoms with van der Waals surface area (Å²) in [5.74, 6) is -3.22. The van der Waals surface area contributed by atoms with Crippen LogP contribution in [0.15, 0.2) is 90.3 Å². The van der Waals surface area contributed by atoms with E-state index in [0.717, 1.165) is 11.3 Å². The first-order chi connectivity index (χ1) is 20.0. The van der Waals surface area contributed by atoms with E-state index in [-0.39, 0.29) is 5.78 Å². The number of aliphatic carboxylic acids is 1. The molecule has 1 fully saturated rings. The Bertz CT molecular complexity index is 1610. The largest absolute Gasteiger partial charge is 0.479 e. The van der Waals surface area contributed by atoms with Gasteiger partial charge in [0.05, 0.1) is 16.8 Å². The van der Waals surface area contributed by atoms with Gasteiger partial charge in [0.15, 0.2) is 5.78 Å². The predicted octanol–water partition coefficient (Wildman–Crippen LogP) is 7.49. The Balaban J connectivity index is 1.76. The van der Waals surface area contributed by atoms with Crippen LogP contribution >= 0.6 is 22.9 Å². The Morgan fingerprint density at radius 3 is 2.19 bits per heavy atom. The molecule has 42 heavy (non-hydrogen) atoms. The van der Waals surface area contributed by atoms with Gasteiger partial charge in [0.1, 0.15) is 5.54 Å². The van der Waals surface area contributed by atoms with Gasteiger partial charge in [-0.1, -0.05) is 54.1 Å². The first kappa shape index (κ1) is 29.4. The Morgan fingerprint density at radius 1 is 0.952 bits per heavy atom. The fourth-order valence-electron chi connectivity index (χ4n) is 6.02. The van der Waals surface area contributed by atoms with Gasteiger partial charge in [-0.3, -0.25) is 9.69 Å². The summed E-state index contributed by atoms with van der Waals surface area (Å²) in [5.41, 5.74) is 1.88. The summed E-state index contributed by atoms with van der Waals surface area (Å²) in [6, 6.07) is 23.8. The Kier molecular flexibility index (Phi) is 8.12. The van der Waals surface area contributed by atoms with Crippen LogP contribution in [0.2, 0.25) is 5.02 Å². The highest BCUT2D eigenvalue weighted by atomic mass is 35.5. The minimum atomic E-state index is -1.80. The number of carboxylic acids is 1. The zero-order valence-electron chi connectivity index (χ0n) is 23.7. The summed E-state index contributed by atoms with van der Waals surface area (Å²) >= 11 is 7.52. The number of hydrogen-bond donors (Lipinski definition) is 2. The van der Waals surface area contributed by atoms with Crippen molar-refractivity contribution in [3.8, 4) is 0 Å². The number of carboxylic acid groups (broad SMARTS) is 1. The molecule has 2 amide bonds. The maximum Gasteiger partial charge on any atom is 0.330 e. The number of rotatable bonds is 7. The lowest BCUT2D eigenvalue weighted by molar-refractivity contribution is -0.148. The number of carbonyl (C=O) groups is 3. The number of carbonyl (C=O) groups excluding carboxylic acids is 2. The number of ketones is 1. The zero-order valence-corrected chi connectivity index (χ0v) is 25.3. The molecule has 1 aromatic heterocycles. The highest BCUT2D eigenvalue weighted by Gasteiger charge is 2.65. The first-order valence-corrected chi connectivity index (χ1v) is 14.8. The third-order valence-electron chi connectivity index (χ3n) is 8.05. The van der Waals surface area contributed by atoms with Crippen LogP contribution < -0.4 is 10.2 Å². The predicted molar refractivity (Wildman–Crippen MR) is 168 cm³/mol. The summed E-state index contributed by atoms with van der Waals surface area (Å²) in [6.45, 7) is 3.45. The molecule has 0 aliphatic carbocycles. The molecule has 2 heterocycles. The van der Waals surface area contributed by atoms with Gasteiger partial charge in [-0.15, -0.1) is 11.3 Å². The smallest absolute Gasteiger partial charge is 0.330 e. The van der Waals surface area contributed by atoms with Crippen LogP contribution in [0.1, 0.15) is 45.2 Å². The minimum Gasteiger partial charge on any atom is -0.479 e. The second-order valence-corrected chi connectivity index (χ2v) is 12.3. The molecule has 1 saturated heterocycles. The molecule has 216 valence electrons. The summed E-state index contributed by atoms with van der Waals surface area (Å²) in [6.07, 6.45) is 0. The number of anilines is 2. The number of urea groups is 1. The molecule has 4 unspecified atom stereocenters. The van der Waals surface area contributed by atoms with Crippen LogP contribution in [0.3, 0.4) is 0 Å². The van der Waals surface area contributed by atoms with Gasteiger partial charge in [-0.05, 0) is 78.4 Å². The van der Waals surface area contributed by atoms with Crippen molar-refractivity contribution >= 4 is 52.1 Å². The van der Waals surface area contributed by atoms with Crippen molar-refractivity contribution < 1.29 is 19.5 Å². The van der Waals surface area contributed by atoms with E-state index in [4.69, 9.17) is 11.6 Å². The van der Waals surface area contributed by atoms with Crippen molar-refractivity contribution in [2.24, 2.45) is 5.92 Å². The van der Waals surface area contributed by atoms with E-state index >= 15 is 0 Å². The maximum atomic E-state index is 14.4. The van der Waals surface area contributed by atoms with Gasteiger partial charge in [0, 0.05) is 36.4 Å². The van der Waals surface area contributed by atoms with Crippen LogP contribution in [0.5, 0.6) is 0 Å². The Labute approximate surface area is 254 Å². The number of Topliss-reactive ketones (excluding diaryl/α,β-unsaturated/α-hetero) is 1. The molecule has 0 bridgehead atoms. The van der Waals surface area contributed by atoms with Crippen molar-refractivity contribution in [1.82, 2.24) is 4.90 Å². The fourth-order valence-corrected chi connectivity index (χ4v) is 6.86. The molecule has 5 rings (SSSR count). The summed E-state index contributed by atoms with van der Waals surface area (Å²) in [4.78, 5) is 45.9. The number of likely N-dealkylation sites (tertiary alicyclic amines) is 1. The average Bonchev–Trinajstić information content (AvgIpc) is 3.59. The molecule has 4 atom stereocenters. The normalized spacial score (nSPS) is 21.6. The lowest BCUT2D eigenvalue weighted by atomic mass is 9.72. The second kappa shape index (κ2) is 11.6. The molecule has 9 heteroatoms. The molecule has 0 spiro atoms. The minimum absolute atomic E-state index is 0.218. The molecule has 0 radical (unpaired) electrons. The maximum absolute atomic E-state index is 14.4. The average molecular weight is 602 g/mol. The number of nitrogens with zero attached hydrogens (tertiary/aromatic N) is 2. The lowest BCUT2D eigenvalue weighted by Gasteiger charge is -2.38. The van der Waals surface area contributed by atoms with E-state index in [1.165, 1.54) is 23.2 Å². The summed E-state index contributed by atoms with van der Waals surface area (Å²) < 4.78 is 0. The van der Waals surface area contributed by atoms with Gasteiger partial charge in [-0.25, -0.2) is 9.59 Å². The van der Waals surface area contributed by atoms with Crippen LogP contribution in [0.25, 0.3) is 0 Å². The summed E-state index contributed by atoms with van der Waals surface area (Å²) in [7, 11) is 3.85. The number of amides is 2. The lowest BCUT2D eigenvalue weighted by Crippen LogP contribution is -2.55. The van der Waals surface area contributed by atoms with Crippen molar-refractivity contribution in [1.29, 1.82) is 0 Å². The molecule has 3 aromatic carbocycles. The van der Waals surface area contributed by atoms with E-state index in [1.54, 1.807) is 42.5 Å². The van der Waals surface area contributed by atoms with E-state index in [2.05, 4.69) is 5.32 Å². The molecule has 1 aliphatic rings. The van der Waals surface area contributed by atoms with Crippen LogP contribution in [-0.2, 0) is 4.79 Å².